The van der Waals surface area contributed by atoms with Crippen LogP contribution in [-0.2, 0) is 4.74 Å². The smallest absolute Gasteiger partial charge is 0.410 e. The third kappa shape index (κ3) is 5.37. The number of carbonyl (C=O) groups is 1. The number of anilines is 1. The number of nitrogens with zero attached hydrogens (tertiary/aromatic N) is 2. The third-order valence-electron chi connectivity index (χ3n) is 3.37. The van der Waals surface area contributed by atoms with Crippen molar-refractivity contribution in [2.75, 3.05) is 25.0 Å². The van der Waals surface area contributed by atoms with E-state index in [1.54, 1.807) is 4.90 Å². The molecule has 1 aromatic carbocycles. The minimum Gasteiger partial charge on any atom is -0.479 e. The normalized spacial score (nSPS) is 17.5. The number of likely N-dealkylation sites (tertiary alicyclic amines) is 1. The number of hydrogen-bond donors (Lipinski definition) is 1. The number of carbonyl (C=O) groups excluding carboxylic acids is 1. The van der Waals surface area contributed by atoms with Crippen molar-refractivity contribution in [3.63, 3.8) is 0 Å². The summed E-state index contributed by atoms with van der Waals surface area (Å²) < 4.78 is 10.6. The van der Waals surface area contributed by atoms with E-state index in [0.29, 0.717) is 18.8 Å². The molecule has 1 N–H and O–H groups in total. The molecular formula is C17H23N3O3. The van der Waals surface area contributed by atoms with Crippen LogP contribution < -0.4 is 10.1 Å². The van der Waals surface area contributed by atoms with E-state index >= 15 is 0 Å². The standard InChI is InChI=1S/C17H23N3O3/c1-17(2,3)23-16(21)20-10-8-14(12-20)19-13-4-6-15(7-5-13)22-11-9-18/h4-7,14,19H,8,10-12H2,1-3H3. The predicted octanol–water partition coefficient (Wildman–Crippen LogP) is 3.01. The summed E-state index contributed by atoms with van der Waals surface area (Å²) in [5.41, 5.74) is 0.493. The topological polar surface area (TPSA) is 74.6 Å². The number of ether oxygens (including phenoxy) is 2. The zero-order chi connectivity index (χ0) is 16.9. The number of benzene rings is 1. The molecule has 1 atom stereocenters. The van der Waals surface area contributed by atoms with Gasteiger partial charge in [0.15, 0.2) is 6.61 Å². The Balaban J connectivity index is 1.83. The van der Waals surface area contributed by atoms with Crippen LogP contribution in [0.3, 0.4) is 0 Å². The van der Waals surface area contributed by atoms with Crippen LogP contribution in [0.25, 0.3) is 0 Å². The zero-order valence-corrected chi connectivity index (χ0v) is 13.8. The Morgan fingerprint density at radius 1 is 1.39 bits per heavy atom. The molecule has 1 amide bonds. The van der Waals surface area contributed by atoms with Crippen LogP contribution in [-0.4, -0.2) is 42.3 Å². The molecule has 0 aromatic heterocycles. The largest absolute Gasteiger partial charge is 0.479 e. The number of rotatable bonds is 4. The van der Waals surface area contributed by atoms with Gasteiger partial charge in [0.2, 0.25) is 0 Å². The van der Waals surface area contributed by atoms with Gasteiger partial charge in [-0.2, -0.15) is 5.26 Å². The minimum atomic E-state index is -0.470. The summed E-state index contributed by atoms with van der Waals surface area (Å²) in [6.07, 6.45) is 0.619. The van der Waals surface area contributed by atoms with Gasteiger partial charge >= 0.3 is 6.09 Å². The Kier molecular flexibility index (Phi) is 5.32. The Morgan fingerprint density at radius 3 is 2.70 bits per heavy atom. The first-order valence-electron chi connectivity index (χ1n) is 7.71. The number of nitrogens with one attached hydrogen (secondary N) is 1. The predicted molar refractivity (Wildman–Crippen MR) is 87.4 cm³/mol. The maximum atomic E-state index is 12.0. The van der Waals surface area contributed by atoms with E-state index in [0.717, 1.165) is 12.1 Å². The molecule has 6 heteroatoms. The molecule has 0 radical (unpaired) electrons. The van der Waals surface area contributed by atoms with Gasteiger partial charge in [-0.1, -0.05) is 0 Å². The maximum absolute atomic E-state index is 12.0. The van der Waals surface area contributed by atoms with Crippen molar-refractivity contribution in [3.05, 3.63) is 24.3 Å². The third-order valence-corrected chi connectivity index (χ3v) is 3.37. The molecule has 1 saturated heterocycles. The maximum Gasteiger partial charge on any atom is 0.410 e. The summed E-state index contributed by atoms with van der Waals surface area (Å²) in [6.45, 7) is 6.96. The van der Waals surface area contributed by atoms with Crippen LogP contribution >= 0.6 is 0 Å². The molecule has 1 fully saturated rings. The summed E-state index contributed by atoms with van der Waals surface area (Å²) in [6, 6.07) is 9.59. The monoisotopic (exact) mass is 317 g/mol. The average Bonchev–Trinajstić information content (AvgIpc) is 2.93. The highest BCUT2D eigenvalue weighted by atomic mass is 16.6. The van der Waals surface area contributed by atoms with Gasteiger partial charge in [0, 0.05) is 24.8 Å². The summed E-state index contributed by atoms with van der Waals surface area (Å²) in [7, 11) is 0. The molecule has 1 aromatic rings. The molecule has 0 bridgehead atoms. The van der Waals surface area contributed by atoms with Crippen molar-refractivity contribution in [1.29, 1.82) is 5.26 Å². The van der Waals surface area contributed by atoms with Crippen LogP contribution in [0, 0.1) is 11.3 Å². The van der Waals surface area contributed by atoms with Gasteiger partial charge in [-0.05, 0) is 51.5 Å². The van der Waals surface area contributed by atoms with Crippen LogP contribution in [0.5, 0.6) is 5.75 Å². The fourth-order valence-electron chi connectivity index (χ4n) is 2.37. The van der Waals surface area contributed by atoms with Gasteiger partial charge in [-0.25, -0.2) is 4.79 Å². The van der Waals surface area contributed by atoms with Gasteiger partial charge in [0.05, 0.1) is 0 Å². The molecule has 1 heterocycles. The molecule has 2 rings (SSSR count). The summed E-state index contributed by atoms with van der Waals surface area (Å²) in [4.78, 5) is 13.8. The molecule has 0 spiro atoms. The van der Waals surface area contributed by atoms with Gasteiger partial charge in [0.25, 0.3) is 0 Å². The molecule has 124 valence electrons. The van der Waals surface area contributed by atoms with E-state index in [-0.39, 0.29) is 18.7 Å². The lowest BCUT2D eigenvalue weighted by atomic mass is 10.2. The molecular weight excluding hydrogens is 294 g/mol. The minimum absolute atomic E-state index is 0.0419. The van der Waals surface area contributed by atoms with Crippen LogP contribution in [0.2, 0.25) is 0 Å². The average molecular weight is 317 g/mol. The molecule has 1 aliphatic heterocycles. The van der Waals surface area contributed by atoms with Gasteiger partial charge in [0.1, 0.15) is 17.4 Å². The first kappa shape index (κ1) is 16.9. The Bertz CT molecular complexity index is 572. The fraction of sp³-hybridized carbons (Fsp3) is 0.529. The lowest BCUT2D eigenvalue weighted by Gasteiger charge is -2.24. The second kappa shape index (κ2) is 7.23. The van der Waals surface area contributed by atoms with E-state index < -0.39 is 5.60 Å². The van der Waals surface area contributed by atoms with Crippen LogP contribution in [0.1, 0.15) is 27.2 Å². The number of hydrogen-bond acceptors (Lipinski definition) is 5. The second-order valence-electron chi connectivity index (χ2n) is 6.53. The first-order chi connectivity index (χ1) is 10.9. The van der Waals surface area contributed by atoms with Gasteiger partial charge < -0.3 is 19.7 Å². The summed E-state index contributed by atoms with van der Waals surface area (Å²) >= 11 is 0. The highest BCUT2D eigenvalue weighted by Crippen LogP contribution is 2.20. The Labute approximate surface area is 137 Å². The lowest BCUT2D eigenvalue weighted by Crippen LogP contribution is -2.36. The summed E-state index contributed by atoms with van der Waals surface area (Å²) in [5.74, 6) is 0.666. The SMILES string of the molecule is CC(C)(C)OC(=O)N1CCC(Nc2ccc(OCC#N)cc2)C1. The van der Waals surface area contributed by atoms with Crippen molar-refractivity contribution in [3.8, 4) is 11.8 Å². The summed E-state index contributed by atoms with van der Waals surface area (Å²) in [5, 5.41) is 11.9. The van der Waals surface area contributed by atoms with E-state index in [9.17, 15) is 4.79 Å². The van der Waals surface area contributed by atoms with E-state index in [2.05, 4.69) is 5.32 Å². The second-order valence-corrected chi connectivity index (χ2v) is 6.53. The molecule has 0 aliphatic carbocycles. The van der Waals surface area contributed by atoms with Crippen molar-refractivity contribution < 1.29 is 14.3 Å². The fourth-order valence-corrected chi connectivity index (χ4v) is 2.37. The highest BCUT2D eigenvalue weighted by molar-refractivity contribution is 5.68. The van der Waals surface area contributed by atoms with Crippen molar-refractivity contribution in [1.82, 2.24) is 4.90 Å². The Morgan fingerprint density at radius 2 is 2.09 bits per heavy atom. The lowest BCUT2D eigenvalue weighted by molar-refractivity contribution is 0.0293. The van der Waals surface area contributed by atoms with Crippen molar-refractivity contribution in [2.45, 2.75) is 38.8 Å². The molecule has 23 heavy (non-hydrogen) atoms. The van der Waals surface area contributed by atoms with Crippen LogP contribution in [0.15, 0.2) is 24.3 Å². The zero-order valence-electron chi connectivity index (χ0n) is 13.8. The van der Waals surface area contributed by atoms with Crippen LogP contribution in [0.4, 0.5) is 10.5 Å². The quantitative estimate of drug-likeness (QED) is 0.924. The van der Waals surface area contributed by atoms with Gasteiger partial charge in [-0.3, -0.25) is 0 Å². The first-order valence-corrected chi connectivity index (χ1v) is 7.71. The molecule has 6 nitrogen and oxygen atoms in total. The van der Waals surface area contributed by atoms with Gasteiger partial charge in [-0.15, -0.1) is 0 Å². The molecule has 0 saturated carbocycles. The van der Waals surface area contributed by atoms with Crippen molar-refractivity contribution >= 4 is 11.8 Å². The van der Waals surface area contributed by atoms with E-state index in [4.69, 9.17) is 14.7 Å². The van der Waals surface area contributed by atoms with Crippen molar-refractivity contribution in [2.24, 2.45) is 0 Å². The van der Waals surface area contributed by atoms with E-state index in [1.807, 2.05) is 51.1 Å². The van der Waals surface area contributed by atoms with E-state index in [1.165, 1.54) is 0 Å². The molecule has 1 unspecified atom stereocenters. The highest BCUT2D eigenvalue weighted by Gasteiger charge is 2.29. The number of nitriles is 1. The number of amides is 1. The molecule has 1 aliphatic rings. The Hall–Kier alpha value is -2.42.